The second-order valence-corrected chi connectivity index (χ2v) is 16.2. The molecular formula is C51H62O14. The molecule has 0 saturated heterocycles. The van der Waals surface area contributed by atoms with Crippen LogP contribution >= 0.6 is 0 Å². The molecular weight excluding hydrogens is 837 g/mol. The first-order valence-electron chi connectivity index (χ1n) is 22.2. The van der Waals surface area contributed by atoms with Crippen LogP contribution in [-0.4, -0.2) is 74.6 Å². The van der Waals surface area contributed by atoms with Gasteiger partial charge in [0.2, 0.25) is 0 Å². The first kappa shape index (κ1) is 51.1. The van der Waals surface area contributed by atoms with Gasteiger partial charge in [-0.05, 0) is 142 Å². The van der Waals surface area contributed by atoms with Gasteiger partial charge in [-0.1, -0.05) is 40.5 Å². The summed E-state index contributed by atoms with van der Waals surface area (Å²) >= 11 is 0. The van der Waals surface area contributed by atoms with Crippen molar-refractivity contribution in [2.45, 2.75) is 86.0 Å². The van der Waals surface area contributed by atoms with Crippen molar-refractivity contribution in [2.24, 2.45) is 17.3 Å². The van der Waals surface area contributed by atoms with E-state index in [-0.39, 0.29) is 12.8 Å². The van der Waals surface area contributed by atoms with Crippen molar-refractivity contribution in [3.05, 3.63) is 108 Å². The first-order chi connectivity index (χ1) is 31.3. The van der Waals surface area contributed by atoms with Crippen molar-refractivity contribution in [3.63, 3.8) is 0 Å². The zero-order valence-corrected chi connectivity index (χ0v) is 38.0. The van der Waals surface area contributed by atoms with Crippen LogP contribution in [0.4, 0.5) is 0 Å². The van der Waals surface area contributed by atoms with Crippen molar-refractivity contribution >= 4 is 29.8 Å². The minimum atomic E-state index is -1.63. The minimum Gasteiger partial charge on any atom is -0.494 e. The number of carboxylic acid groups (broad SMARTS) is 1. The van der Waals surface area contributed by atoms with Crippen LogP contribution in [0, 0.1) is 17.3 Å². The molecule has 0 aliphatic rings. The fourth-order valence-electron chi connectivity index (χ4n) is 5.54. The molecule has 0 aliphatic carbocycles. The normalized spacial score (nSPS) is 12.0. The lowest BCUT2D eigenvalue weighted by atomic mass is 9.93. The average Bonchev–Trinajstić information content (AvgIpc) is 3.32. The van der Waals surface area contributed by atoms with Crippen molar-refractivity contribution in [1.82, 2.24) is 0 Å². The molecule has 0 bridgehead atoms. The fraction of sp³-hybridized carbons (Fsp3) is 0.431. The van der Waals surface area contributed by atoms with E-state index in [4.69, 9.17) is 37.9 Å². The standard InChI is InChI=1S/C51H62O14/c1-6-36(3)32-60-42-18-14-38(15-19-42)48(54)64-44-26-22-40(23-27-44)58-30-10-8-12-46(52)62-34-51(5,50(56)57)35-63-47(53)13-9-11-31-59-41-24-28-45(29-25-41)65-49(55)39-16-20-43(21-17-39)61-33-37(4)7-2/h14-29,36-37H,6-13,30-35H2,1-5H3,(H,56,57)/t36-,37-/m0/s1. The third kappa shape index (κ3) is 18.6. The zero-order chi connectivity index (χ0) is 47.0. The number of hydrogen-bond donors (Lipinski definition) is 1. The molecule has 2 atom stereocenters. The molecule has 14 heteroatoms. The Morgan fingerprint density at radius 2 is 0.815 bits per heavy atom. The smallest absolute Gasteiger partial charge is 0.343 e. The van der Waals surface area contributed by atoms with Gasteiger partial charge in [0.15, 0.2) is 0 Å². The number of rotatable bonds is 29. The summed E-state index contributed by atoms with van der Waals surface area (Å²) in [4.78, 5) is 62.0. The second-order valence-electron chi connectivity index (χ2n) is 16.2. The minimum absolute atomic E-state index is 0.0443. The largest absolute Gasteiger partial charge is 0.494 e. The van der Waals surface area contributed by atoms with Gasteiger partial charge in [-0.2, -0.15) is 0 Å². The lowest BCUT2D eigenvalue weighted by Gasteiger charge is -2.24. The molecule has 1 N–H and O–H groups in total. The van der Waals surface area contributed by atoms with E-state index >= 15 is 0 Å². The topological polar surface area (TPSA) is 179 Å². The van der Waals surface area contributed by atoms with Gasteiger partial charge >= 0.3 is 29.8 Å². The van der Waals surface area contributed by atoms with Gasteiger partial charge in [0.25, 0.3) is 0 Å². The van der Waals surface area contributed by atoms with Crippen LogP contribution in [0.3, 0.4) is 0 Å². The van der Waals surface area contributed by atoms with Gasteiger partial charge < -0.3 is 43.0 Å². The molecule has 4 rings (SSSR count). The average molecular weight is 899 g/mol. The Balaban J connectivity index is 1.04. The van der Waals surface area contributed by atoms with Crippen LogP contribution < -0.4 is 28.4 Å². The molecule has 0 amide bonds. The van der Waals surface area contributed by atoms with E-state index in [1.807, 2.05) is 0 Å². The Morgan fingerprint density at radius 3 is 1.15 bits per heavy atom. The summed E-state index contributed by atoms with van der Waals surface area (Å²) in [5.41, 5.74) is -0.836. The maximum absolute atomic E-state index is 12.6. The van der Waals surface area contributed by atoms with Crippen molar-refractivity contribution in [1.29, 1.82) is 0 Å². The number of unbranched alkanes of at least 4 members (excludes halogenated alkanes) is 2. The SMILES string of the molecule is CC[C@H](C)COc1ccc(C(=O)Oc2ccc(OCCCCC(=O)OCC(C)(COC(=O)CCCCOc3ccc(OC(=O)c4ccc(OC[C@@H](C)CC)cc4)cc3)C(=O)O)cc2)cc1. The molecule has 65 heavy (non-hydrogen) atoms. The summed E-state index contributed by atoms with van der Waals surface area (Å²) in [5.74, 6) is 0.665. The van der Waals surface area contributed by atoms with Crippen molar-refractivity contribution in [3.8, 4) is 34.5 Å². The number of benzene rings is 4. The lowest BCUT2D eigenvalue weighted by Crippen LogP contribution is -2.39. The zero-order valence-electron chi connectivity index (χ0n) is 38.0. The molecule has 0 saturated carbocycles. The number of aliphatic carboxylic acids is 1. The third-order valence-electron chi connectivity index (χ3n) is 10.4. The monoisotopic (exact) mass is 898 g/mol. The quantitative estimate of drug-likeness (QED) is 0.0309. The van der Waals surface area contributed by atoms with Gasteiger partial charge in [-0.3, -0.25) is 14.4 Å². The summed E-state index contributed by atoms with van der Waals surface area (Å²) in [6.07, 6.45) is 4.05. The highest BCUT2D eigenvalue weighted by Gasteiger charge is 2.37. The molecule has 350 valence electrons. The van der Waals surface area contributed by atoms with E-state index in [0.717, 1.165) is 12.8 Å². The summed E-state index contributed by atoms with van der Waals surface area (Å²) in [7, 11) is 0. The van der Waals surface area contributed by atoms with Gasteiger partial charge in [-0.15, -0.1) is 0 Å². The van der Waals surface area contributed by atoms with E-state index < -0.39 is 48.5 Å². The van der Waals surface area contributed by atoms with Crippen LogP contribution in [0.25, 0.3) is 0 Å². The number of carbonyl (C=O) groups is 5. The molecule has 14 nitrogen and oxygen atoms in total. The van der Waals surface area contributed by atoms with Crippen LogP contribution in [0.1, 0.15) is 107 Å². The molecule has 0 spiro atoms. The predicted octanol–water partition coefficient (Wildman–Crippen LogP) is 9.95. The number of carboxylic acids is 1. The van der Waals surface area contributed by atoms with E-state index in [1.165, 1.54) is 6.92 Å². The Hall–Kier alpha value is -6.57. The highest BCUT2D eigenvalue weighted by molar-refractivity contribution is 5.91. The molecule has 0 unspecified atom stereocenters. The van der Waals surface area contributed by atoms with Gasteiger partial charge in [-0.25, -0.2) is 9.59 Å². The molecule has 0 heterocycles. The molecule has 4 aromatic rings. The molecule has 0 fully saturated rings. The van der Waals surface area contributed by atoms with Gasteiger partial charge in [0.05, 0.1) is 37.6 Å². The first-order valence-corrected chi connectivity index (χ1v) is 22.2. The Labute approximate surface area is 381 Å². The van der Waals surface area contributed by atoms with Crippen molar-refractivity contribution in [2.75, 3.05) is 39.6 Å². The van der Waals surface area contributed by atoms with Crippen LogP contribution in [0.5, 0.6) is 34.5 Å². The van der Waals surface area contributed by atoms with E-state index in [2.05, 4.69) is 27.7 Å². The highest BCUT2D eigenvalue weighted by Crippen LogP contribution is 2.24. The van der Waals surface area contributed by atoms with Crippen LogP contribution in [0.2, 0.25) is 0 Å². The Morgan fingerprint density at radius 1 is 0.492 bits per heavy atom. The maximum atomic E-state index is 12.6. The third-order valence-corrected chi connectivity index (χ3v) is 10.4. The second kappa shape index (κ2) is 26.9. The highest BCUT2D eigenvalue weighted by atomic mass is 16.6. The molecule has 4 aromatic carbocycles. The summed E-state index contributed by atoms with van der Waals surface area (Å²) < 4.78 is 44.4. The Kier molecular flexibility index (Phi) is 21.1. The predicted molar refractivity (Wildman–Crippen MR) is 242 cm³/mol. The van der Waals surface area contributed by atoms with Crippen LogP contribution in [0.15, 0.2) is 97.1 Å². The van der Waals surface area contributed by atoms with E-state index in [1.54, 1.807) is 97.1 Å². The molecule has 0 aliphatic heterocycles. The number of esters is 4. The van der Waals surface area contributed by atoms with E-state index in [9.17, 15) is 29.1 Å². The maximum Gasteiger partial charge on any atom is 0.343 e. The number of carbonyl (C=O) groups excluding carboxylic acids is 4. The van der Waals surface area contributed by atoms with Gasteiger partial charge in [0.1, 0.15) is 53.1 Å². The Bertz CT molecular complexity index is 1940. The molecule has 0 radical (unpaired) electrons. The fourth-order valence-corrected chi connectivity index (χ4v) is 5.54. The summed E-state index contributed by atoms with van der Waals surface area (Å²) in [5, 5.41) is 9.81. The molecule has 0 aromatic heterocycles. The number of ether oxygens (including phenoxy) is 8. The summed E-state index contributed by atoms with van der Waals surface area (Å²) in [6, 6.07) is 26.8. The lowest BCUT2D eigenvalue weighted by molar-refractivity contribution is -0.165. The van der Waals surface area contributed by atoms with Crippen molar-refractivity contribution < 1.29 is 67.0 Å². The van der Waals surface area contributed by atoms with Crippen LogP contribution in [-0.2, 0) is 23.9 Å². The van der Waals surface area contributed by atoms with Gasteiger partial charge in [0, 0.05) is 12.8 Å². The van der Waals surface area contributed by atoms with E-state index in [0.29, 0.717) is 110 Å². The number of hydrogen-bond acceptors (Lipinski definition) is 13. The summed E-state index contributed by atoms with van der Waals surface area (Å²) in [6.45, 7) is 10.7.